The number of likely N-dealkylation sites (tertiary alicyclic amines) is 1. The summed E-state index contributed by atoms with van der Waals surface area (Å²) in [6.07, 6.45) is 3.10. The summed E-state index contributed by atoms with van der Waals surface area (Å²) in [5, 5.41) is 2.81. The fraction of sp³-hybridized carbons (Fsp3) is 0.438. The molecule has 5 nitrogen and oxygen atoms in total. The van der Waals surface area contributed by atoms with Crippen molar-refractivity contribution in [2.24, 2.45) is 11.7 Å². The molecule has 0 spiro atoms. The minimum Gasteiger partial charge on any atom is -0.339 e. The number of rotatable bonds is 4. The van der Waals surface area contributed by atoms with Crippen molar-refractivity contribution in [2.75, 3.05) is 13.1 Å². The Hall–Kier alpha value is -1.79. The Morgan fingerprint density at radius 3 is 3.05 bits per heavy atom. The van der Waals surface area contributed by atoms with E-state index in [1.165, 1.54) is 11.3 Å². The lowest BCUT2D eigenvalue weighted by molar-refractivity contribution is -0.131. The molecule has 1 saturated heterocycles. The third-order valence-electron chi connectivity index (χ3n) is 4.08. The van der Waals surface area contributed by atoms with Gasteiger partial charge in [0.25, 0.3) is 0 Å². The van der Waals surface area contributed by atoms with Gasteiger partial charge in [-0.25, -0.2) is 4.98 Å². The fourth-order valence-corrected chi connectivity index (χ4v) is 3.71. The van der Waals surface area contributed by atoms with Crippen molar-refractivity contribution in [1.82, 2.24) is 14.9 Å². The minimum atomic E-state index is 0.140. The molecule has 0 radical (unpaired) electrons. The molecule has 1 amide bonds. The molecular weight excluding hydrogens is 296 g/mol. The zero-order valence-electron chi connectivity index (χ0n) is 12.6. The third kappa shape index (κ3) is 3.18. The lowest BCUT2D eigenvalue weighted by atomic mass is 10.1. The van der Waals surface area contributed by atoms with E-state index >= 15 is 0 Å². The van der Waals surface area contributed by atoms with Crippen LogP contribution in [0.25, 0.3) is 10.7 Å². The monoisotopic (exact) mass is 316 g/mol. The van der Waals surface area contributed by atoms with Gasteiger partial charge in [-0.2, -0.15) is 0 Å². The van der Waals surface area contributed by atoms with Crippen molar-refractivity contribution < 1.29 is 4.79 Å². The second-order valence-electron chi connectivity index (χ2n) is 5.77. The Labute approximate surface area is 134 Å². The smallest absolute Gasteiger partial charge is 0.228 e. The number of aromatic nitrogens is 2. The average molecular weight is 316 g/mol. The highest BCUT2D eigenvalue weighted by molar-refractivity contribution is 7.13. The maximum atomic E-state index is 12.5. The summed E-state index contributed by atoms with van der Waals surface area (Å²) >= 11 is 1.53. The van der Waals surface area contributed by atoms with Gasteiger partial charge in [0.1, 0.15) is 5.01 Å². The number of hydrogen-bond donors (Lipinski definition) is 1. The first-order valence-electron chi connectivity index (χ1n) is 7.52. The Kier molecular flexibility index (Phi) is 4.49. The van der Waals surface area contributed by atoms with Gasteiger partial charge in [0.2, 0.25) is 5.91 Å². The van der Waals surface area contributed by atoms with Crippen LogP contribution in [0.2, 0.25) is 0 Å². The molecule has 0 aliphatic carbocycles. The molecule has 1 aliphatic rings. The molecule has 3 heterocycles. The van der Waals surface area contributed by atoms with Crippen LogP contribution >= 0.6 is 11.3 Å². The van der Waals surface area contributed by atoms with Crippen molar-refractivity contribution in [3.8, 4) is 10.7 Å². The van der Waals surface area contributed by atoms with Crippen molar-refractivity contribution in [1.29, 1.82) is 0 Å². The number of nitrogens with zero attached hydrogens (tertiary/aromatic N) is 3. The molecule has 0 aromatic carbocycles. The van der Waals surface area contributed by atoms with Crippen LogP contribution in [-0.2, 0) is 11.2 Å². The van der Waals surface area contributed by atoms with E-state index in [0.717, 1.165) is 29.4 Å². The number of carbonyl (C=O) groups excluding carboxylic acids is 1. The van der Waals surface area contributed by atoms with Gasteiger partial charge < -0.3 is 10.6 Å². The predicted molar refractivity (Wildman–Crippen MR) is 87.4 cm³/mol. The first-order valence-corrected chi connectivity index (χ1v) is 8.40. The van der Waals surface area contributed by atoms with Crippen molar-refractivity contribution in [2.45, 2.75) is 25.8 Å². The summed E-state index contributed by atoms with van der Waals surface area (Å²) in [5.41, 5.74) is 7.39. The largest absolute Gasteiger partial charge is 0.339 e. The number of thiazole rings is 1. The third-order valence-corrected chi connectivity index (χ3v) is 5.00. The van der Waals surface area contributed by atoms with Crippen LogP contribution in [-0.4, -0.2) is 39.9 Å². The summed E-state index contributed by atoms with van der Waals surface area (Å²) in [7, 11) is 0. The minimum absolute atomic E-state index is 0.140. The van der Waals surface area contributed by atoms with Crippen LogP contribution in [0.15, 0.2) is 29.8 Å². The van der Waals surface area contributed by atoms with Crippen LogP contribution in [0.4, 0.5) is 0 Å². The molecule has 3 rings (SSSR count). The van der Waals surface area contributed by atoms with Crippen LogP contribution < -0.4 is 5.73 Å². The van der Waals surface area contributed by atoms with E-state index < -0.39 is 0 Å². The highest BCUT2D eigenvalue weighted by Gasteiger charge is 2.31. The lowest BCUT2D eigenvalue weighted by Gasteiger charge is -2.21. The standard InChI is InChI=1S/C16H20N4OS/c1-11-6-12(8-17)9-20(11)15(21)7-13-10-22-16(19-13)14-4-2-3-5-18-14/h2-5,10-12H,6-9,17H2,1H3. The molecular formula is C16H20N4OS. The van der Waals surface area contributed by atoms with E-state index in [1.807, 2.05) is 28.5 Å². The molecule has 2 aromatic heterocycles. The number of nitrogens with two attached hydrogens (primary N) is 1. The molecule has 0 saturated carbocycles. The Bertz CT molecular complexity index is 643. The molecule has 116 valence electrons. The van der Waals surface area contributed by atoms with E-state index in [9.17, 15) is 4.79 Å². The molecule has 0 bridgehead atoms. The fourth-order valence-electron chi connectivity index (χ4n) is 2.91. The molecule has 1 aliphatic heterocycles. The number of amides is 1. The quantitative estimate of drug-likeness (QED) is 0.935. The molecule has 6 heteroatoms. The van der Waals surface area contributed by atoms with Crippen LogP contribution in [0.1, 0.15) is 19.0 Å². The molecule has 2 N–H and O–H groups in total. The topological polar surface area (TPSA) is 72.1 Å². The maximum Gasteiger partial charge on any atom is 0.228 e. The number of hydrogen-bond acceptors (Lipinski definition) is 5. The zero-order valence-corrected chi connectivity index (χ0v) is 13.4. The van der Waals surface area contributed by atoms with Gasteiger partial charge in [0, 0.05) is 24.2 Å². The van der Waals surface area contributed by atoms with Gasteiger partial charge in [0.05, 0.1) is 17.8 Å². The summed E-state index contributed by atoms with van der Waals surface area (Å²) in [6, 6.07) is 6.02. The Morgan fingerprint density at radius 2 is 2.36 bits per heavy atom. The summed E-state index contributed by atoms with van der Waals surface area (Å²) in [4.78, 5) is 23.2. The lowest BCUT2D eigenvalue weighted by Crippen LogP contribution is -2.35. The molecule has 2 unspecified atom stereocenters. The van der Waals surface area contributed by atoms with E-state index in [-0.39, 0.29) is 11.9 Å². The van der Waals surface area contributed by atoms with Gasteiger partial charge in [-0.3, -0.25) is 9.78 Å². The van der Waals surface area contributed by atoms with E-state index in [0.29, 0.717) is 18.9 Å². The first-order chi connectivity index (χ1) is 10.7. The predicted octanol–water partition coefficient (Wildman–Crippen LogP) is 1.94. The van der Waals surface area contributed by atoms with Crippen LogP contribution in [0.3, 0.4) is 0 Å². The summed E-state index contributed by atoms with van der Waals surface area (Å²) < 4.78 is 0. The molecule has 2 aromatic rings. The summed E-state index contributed by atoms with van der Waals surface area (Å²) in [5.74, 6) is 0.569. The second kappa shape index (κ2) is 6.54. The summed E-state index contributed by atoms with van der Waals surface area (Å²) in [6.45, 7) is 3.51. The number of pyridine rings is 1. The molecule has 1 fully saturated rings. The van der Waals surface area contributed by atoms with Gasteiger partial charge in [-0.05, 0) is 37.9 Å². The Morgan fingerprint density at radius 1 is 1.50 bits per heavy atom. The SMILES string of the molecule is CC1CC(CN)CN1C(=O)Cc1csc(-c2ccccn2)n1. The maximum absolute atomic E-state index is 12.5. The van der Waals surface area contributed by atoms with Gasteiger partial charge in [0.15, 0.2) is 0 Å². The van der Waals surface area contributed by atoms with Crippen molar-refractivity contribution >= 4 is 17.2 Å². The zero-order chi connectivity index (χ0) is 15.5. The molecule has 22 heavy (non-hydrogen) atoms. The van der Waals surface area contributed by atoms with E-state index in [2.05, 4.69) is 16.9 Å². The Balaban J connectivity index is 1.67. The molecule has 2 atom stereocenters. The van der Waals surface area contributed by atoms with Crippen molar-refractivity contribution in [3.63, 3.8) is 0 Å². The second-order valence-corrected chi connectivity index (χ2v) is 6.63. The highest BCUT2D eigenvalue weighted by atomic mass is 32.1. The average Bonchev–Trinajstić information content (AvgIpc) is 3.14. The van der Waals surface area contributed by atoms with Crippen molar-refractivity contribution in [3.05, 3.63) is 35.5 Å². The van der Waals surface area contributed by atoms with Crippen LogP contribution in [0, 0.1) is 5.92 Å². The van der Waals surface area contributed by atoms with Gasteiger partial charge in [-0.15, -0.1) is 11.3 Å². The van der Waals surface area contributed by atoms with Gasteiger partial charge >= 0.3 is 0 Å². The van der Waals surface area contributed by atoms with E-state index in [4.69, 9.17) is 5.73 Å². The van der Waals surface area contributed by atoms with E-state index in [1.54, 1.807) is 6.20 Å². The van der Waals surface area contributed by atoms with Crippen LogP contribution in [0.5, 0.6) is 0 Å². The normalized spacial score (nSPS) is 21.3. The number of carbonyl (C=O) groups is 1. The van der Waals surface area contributed by atoms with Gasteiger partial charge in [-0.1, -0.05) is 6.07 Å². The first kappa shape index (κ1) is 15.1. The highest BCUT2D eigenvalue weighted by Crippen LogP contribution is 2.25.